The van der Waals surface area contributed by atoms with Gasteiger partial charge in [0.25, 0.3) is 0 Å². The fourth-order valence-electron chi connectivity index (χ4n) is 2.42. The summed E-state index contributed by atoms with van der Waals surface area (Å²) in [5, 5.41) is 0.578. The molecule has 5 heteroatoms. The minimum atomic E-state index is 0.578. The average molecular weight is 354 g/mol. The average Bonchev–Trinajstić information content (AvgIpc) is 2.69. The van der Waals surface area contributed by atoms with Gasteiger partial charge in [-0.3, -0.25) is 0 Å². The van der Waals surface area contributed by atoms with Gasteiger partial charge < -0.3 is 4.74 Å². The van der Waals surface area contributed by atoms with Crippen LogP contribution in [-0.2, 0) is 12.8 Å². The maximum Gasteiger partial charge on any atom is 0.225 e. The third-order valence-corrected chi connectivity index (χ3v) is 4.24. The Morgan fingerprint density at radius 2 is 1.95 bits per heavy atom. The van der Waals surface area contributed by atoms with E-state index >= 15 is 0 Å². The van der Waals surface area contributed by atoms with Gasteiger partial charge in [0.05, 0.1) is 10.7 Å². The zero-order valence-corrected chi connectivity index (χ0v) is 13.2. The molecule has 0 aliphatic heterocycles. The van der Waals surface area contributed by atoms with Crippen molar-refractivity contribution in [3.63, 3.8) is 0 Å². The molecule has 0 amide bonds. The third-order valence-electron chi connectivity index (χ3n) is 3.44. The lowest BCUT2D eigenvalue weighted by Gasteiger charge is -2.12. The zero-order valence-electron chi connectivity index (χ0n) is 10.9. The van der Waals surface area contributed by atoms with E-state index in [0.717, 1.165) is 35.0 Å². The van der Waals surface area contributed by atoms with E-state index in [0.29, 0.717) is 16.7 Å². The molecular weight excluding hydrogens is 340 g/mol. The summed E-state index contributed by atoms with van der Waals surface area (Å²) < 4.78 is 6.86. The fourth-order valence-corrected chi connectivity index (χ4v) is 2.91. The molecule has 1 heterocycles. The molecule has 0 saturated heterocycles. The van der Waals surface area contributed by atoms with E-state index in [2.05, 4.69) is 25.9 Å². The van der Waals surface area contributed by atoms with Gasteiger partial charge >= 0.3 is 0 Å². The molecule has 0 fully saturated rings. The molecule has 1 aromatic carbocycles. The summed E-state index contributed by atoms with van der Waals surface area (Å²) in [6.07, 6.45) is 7.11. The Balaban J connectivity index is 1.96. The highest BCUT2D eigenvalue weighted by Crippen LogP contribution is 2.34. The number of nitrogens with zero attached hydrogens (tertiary/aromatic N) is 2. The summed E-state index contributed by atoms with van der Waals surface area (Å²) in [7, 11) is 0. The summed E-state index contributed by atoms with van der Waals surface area (Å²) in [5.74, 6) is 1.25. The second-order valence-corrected chi connectivity index (χ2v) is 6.16. The van der Waals surface area contributed by atoms with Gasteiger partial charge in [-0.15, -0.1) is 0 Å². The number of hydrogen-bond acceptors (Lipinski definition) is 3. The minimum Gasteiger partial charge on any atom is -0.437 e. The van der Waals surface area contributed by atoms with Gasteiger partial charge in [-0.25, -0.2) is 9.97 Å². The third kappa shape index (κ3) is 2.96. The largest absolute Gasteiger partial charge is 0.437 e. The second-order valence-electron chi connectivity index (χ2n) is 4.84. The number of rotatable bonds is 2. The van der Waals surface area contributed by atoms with E-state index in [-0.39, 0.29) is 0 Å². The van der Waals surface area contributed by atoms with Crippen LogP contribution in [0.25, 0.3) is 0 Å². The lowest BCUT2D eigenvalue weighted by atomic mass is 10.1. The van der Waals surface area contributed by atoms with Crippen molar-refractivity contribution in [2.45, 2.75) is 32.1 Å². The highest BCUT2D eigenvalue weighted by Gasteiger charge is 2.16. The Hall–Kier alpha value is -1.13. The summed E-state index contributed by atoms with van der Waals surface area (Å²) >= 11 is 9.60. The molecule has 3 rings (SSSR count). The number of halogens is 2. The maximum absolute atomic E-state index is 6.17. The second kappa shape index (κ2) is 6.10. The van der Waals surface area contributed by atoms with Crippen LogP contribution in [0.2, 0.25) is 5.02 Å². The summed E-state index contributed by atoms with van der Waals surface area (Å²) in [4.78, 5) is 8.68. The van der Waals surface area contributed by atoms with E-state index in [1.54, 1.807) is 12.4 Å². The molecule has 0 saturated carbocycles. The lowest BCUT2D eigenvalue weighted by molar-refractivity contribution is 0.452. The van der Waals surface area contributed by atoms with Crippen molar-refractivity contribution in [3.05, 3.63) is 45.3 Å². The summed E-state index contributed by atoms with van der Waals surface area (Å²) in [5.41, 5.74) is 2.24. The number of hydrogen-bond donors (Lipinski definition) is 0. The Morgan fingerprint density at radius 3 is 2.85 bits per heavy atom. The zero-order chi connectivity index (χ0) is 13.9. The Morgan fingerprint density at radius 1 is 1.10 bits per heavy atom. The molecule has 3 nitrogen and oxygen atoms in total. The number of aryl methyl sites for hydroxylation is 1. The van der Waals surface area contributed by atoms with Crippen LogP contribution in [0.3, 0.4) is 0 Å². The maximum atomic E-state index is 6.17. The molecule has 0 N–H and O–H groups in total. The summed E-state index contributed by atoms with van der Waals surface area (Å²) in [6, 6.07) is 5.55. The first-order chi connectivity index (χ1) is 9.74. The number of benzene rings is 1. The lowest BCUT2D eigenvalue weighted by Crippen LogP contribution is -2.01. The molecule has 0 unspecified atom stereocenters. The van der Waals surface area contributed by atoms with Crippen molar-refractivity contribution in [1.29, 1.82) is 0 Å². The molecule has 1 aromatic heterocycles. The van der Waals surface area contributed by atoms with Crippen LogP contribution in [0.5, 0.6) is 11.6 Å². The Kier molecular flexibility index (Phi) is 4.22. The van der Waals surface area contributed by atoms with Crippen LogP contribution in [0.1, 0.15) is 30.5 Å². The Labute approximate surface area is 131 Å². The van der Waals surface area contributed by atoms with E-state index in [1.165, 1.54) is 12.8 Å². The molecule has 2 aromatic rings. The molecule has 0 atom stereocenters. The van der Waals surface area contributed by atoms with E-state index in [1.807, 2.05) is 12.1 Å². The van der Waals surface area contributed by atoms with Crippen molar-refractivity contribution in [2.75, 3.05) is 0 Å². The van der Waals surface area contributed by atoms with Crippen LogP contribution in [0, 0.1) is 0 Å². The van der Waals surface area contributed by atoms with Crippen LogP contribution >= 0.6 is 27.5 Å². The first-order valence-corrected chi connectivity index (χ1v) is 7.87. The van der Waals surface area contributed by atoms with Crippen molar-refractivity contribution in [1.82, 2.24) is 9.97 Å². The van der Waals surface area contributed by atoms with Crippen molar-refractivity contribution < 1.29 is 4.74 Å². The molecule has 1 aliphatic rings. The molecule has 0 bridgehead atoms. The smallest absolute Gasteiger partial charge is 0.225 e. The number of aromatic nitrogens is 2. The molecule has 20 heavy (non-hydrogen) atoms. The predicted molar refractivity (Wildman–Crippen MR) is 82.5 cm³/mol. The van der Waals surface area contributed by atoms with Crippen LogP contribution < -0.4 is 4.74 Å². The van der Waals surface area contributed by atoms with Gasteiger partial charge in [0, 0.05) is 10.0 Å². The quantitative estimate of drug-likeness (QED) is 0.716. The topological polar surface area (TPSA) is 35.0 Å². The summed E-state index contributed by atoms with van der Waals surface area (Å²) in [6.45, 7) is 0. The van der Waals surface area contributed by atoms with Gasteiger partial charge in [0.2, 0.25) is 5.88 Å². The first-order valence-electron chi connectivity index (χ1n) is 6.69. The van der Waals surface area contributed by atoms with Crippen molar-refractivity contribution in [2.24, 2.45) is 0 Å². The molecule has 0 spiro atoms. The first kappa shape index (κ1) is 13.8. The molecule has 104 valence electrons. The highest BCUT2D eigenvalue weighted by atomic mass is 79.9. The van der Waals surface area contributed by atoms with Crippen LogP contribution in [0.4, 0.5) is 0 Å². The van der Waals surface area contributed by atoms with Crippen molar-refractivity contribution >= 4 is 27.5 Å². The van der Waals surface area contributed by atoms with E-state index in [9.17, 15) is 0 Å². The van der Waals surface area contributed by atoms with Gasteiger partial charge in [0.1, 0.15) is 12.1 Å². The number of fused-ring (bicyclic) bond motifs is 1. The Bertz CT molecular complexity index is 633. The highest BCUT2D eigenvalue weighted by molar-refractivity contribution is 9.10. The van der Waals surface area contributed by atoms with E-state index < -0.39 is 0 Å². The van der Waals surface area contributed by atoms with E-state index in [4.69, 9.17) is 16.3 Å². The SMILES string of the molecule is Clc1ccc(Br)cc1Oc1ncnc2c1CCCCC2. The normalized spacial score (nSPS) is 14.5. The minimum absolute atomic E-state index is 0.578. The van der Waals surface area contributed by atoms with Crippen LogP contribution in [0.15, 0.2) is 29.0 Å². The molecular formula is C15H14BrClN2O. The van der Waals surface area contributed by atoms with Crippen LogP contribution in [-0.4, -0.2) is 9.97 Å². The van der Waals surface area contributed by atoms with Crippen molar-refractivity contribution in [3.8, 4) is 11.6 Å². The van der Waals surface area contributed by atoms with Gasteiger partial charge in [-0.2, -0.15) is 0 Å². The predicted octanol–water partition coefficient (Wildman–Crippen LogP) is 4.95. The fraction of sp³-hybridized carbons (Fsp3) is 0.333. The number of ether oxygens (including phenoxy) is 1. The standard InChI is InChI=1S/C15H14BrClN2O/c16-10-6-7-12(17)14(8-10)20-15-11-4-2-1-3-5-13(11)18-9-19-15/h6-9H,1-5H2. The monoisotopic (exact) mass is 352 g/mol. The molecule has 1 aliphatic carbocycles. The van der Waals surface area contributed by atoms with Gasteiger partial charge in [-0.1, -0.05) is 34.0 Å². The van der Waals surface area contributed by atoms with Gasteiger partial charge in [0.15, 0.2) is 0 Å². The molecule has 0 radical (unpaired) electrons. The van der Waals surface area contributed by atoms with Gasteiger partial charge in [-0.05, 0) is 43.9 Å².